The van der Waals surface area contributed by atoms with Crippen molar-refractivity contribution < 1.29 is 19.8 Å². The van der Waals surface area contributed by atoms with Gasteiger partial charge in [-0.3, -0.25) is 9.69 Å². The van der Waals surface area contributed by atoms with Crippen molar-refractivity contribution in [3.63, 3.8) is 0 Å². The van der Waals surface area contributed by atoms with Crippen LogP contribution in [0.1, 0.15) is 45.0 Å². The summed E-state index contributed by atoms with van der Waals surface area (Å²) in [7, 11) is 0. The fraction of sp³-hybridized carbons (Fsp3) is 0.600. The summed E-state index contributed by atoms with van der Waals surface area (Å²) >= 11 is 0.984. The van der Waals surface area contributed by atoms with E-state index in [2.05, 4.69) is 10.2 Å². The van der Waals surface area contributed by atoms with Crippen molar-refractivity contribution in [2.45, 2.75) is 31.7 Å². The molecule has 0 saturated carbocycles. The third-order valence-corrected chi connectivity index (χ3v) is 4.98. The Kier molecular flexibility index (Phi) is 6.35. The molecule has 1 aromatic heterocycles. The van der Waals surface area contributed by atoms with E-state index in [1.165, 1.54) is 18.6 Å². The van der Waals surface area contributed by atoms with Gasteiger partial charge in [0.2, 0.25) is 0 Å². The topological polar surface area (TPSA) is 89.9 Å². The van der Waals surface area contributed by atoms with Crippen LogP contribution in [0.2, 0.25) is 0 Å². The third-order valence-electron chi connectivity index (χ3n) is 3.91. The smallest absolute Gasteiger partial charge is 0.345 e. The van der Waals surface area contributed by atoms with Gasteiger partial charge in [0.05, 0.1) is 11.5 Å². The second-order valence-electron chi connectivity index (χ2n) is 5.45. The number of piperidine rings is 1. The average Bonchev–Trinajstić information content (AvgIpc) is 3.02. The Morgan fingerprint density at radius 3 is 2.77 bits per heavy atom. The van der Waals surface area contributed by atoms with E-state index >= 15 is 0 Å². The zero-order valence-electron chi connectivity index (χ0n) is 12.5. The van der Waals surface area contributed by atoms with Crippen molar-refractivity contribution in [1.29, 1.82) is 0 Å². The quantitative estimate of drug-likeness (QED) is 0.659. The van der Waals surface area contributed by atoms with Gasteiger partial charge in [-0.1, -0.05) is 6.42 Å². The third kappa shape index (κ3) is 4.53. The molecule has 122 valence electrons. The molecule has 22 heavy (non-hydrogen) atoms. The SMILES string of the molecule is O=C(O)c1ccc(C(=O)NCCCN2CCCCC2CO)s1. The number of aromatic carboxylic acids is 1. The lowest BCUT2D eigenvalue weighted by atomic mass is 10.0. The van der Waals surface area contributed by atoms with E-state index in [0.717, 1.165) is 43.7 Å². The van der Waals surface area contributed by atoms with E-state index in [9.17, 15) is 14.7 Å². The van der Waals surface area contributed by atoms with E-state index in [1.54, 1.807) is 0 Å². The largest absolute Gasteiger partial charge is 0.477 e. The minimum absolute atomic E-state index is 0.171. The Bertz CT molecular complexity index is 517. The highest BCUT2D eigenvalue weighted by molar-refractivity contribution is 7.15. The van der Waals surface area contributed by atoms with Crippen LogP contribution in [0.3, 0.4) is 0 Å². The zero-order valence-corrected chi connectivity index (χ0v) is 13.3. The molecular formula is C15H22N2O4S. The Hall–Kier alpha value is -1.44. The lowest BCUT2D eigenvalue weighted by molar-refractivity contribution is 0.0702. The molecule has 0 aliphatic carbocycles. The van der Waals surface area contributed by atoms with Crippen molar-refractivity contribution in [2.24, 2.45) is 0 Å². The maximum atomic E-state index is 11.9. The van der Waals surface area contributed by atoms with E-state index in [1.807, 2.05) is 0 Å². The van der Waals surface area contributed by atoms with Crippen LogP contribution >= 0.6 is 11.3 Å². The van der Waals surface area contributed by atoms with Crippen molar-refractivity contribution >= 4 is 23.2 Å². The van der Waals surface area contributed by atoms with Gasteiger partial charge in [-0.15, -0.1) is 11.3 Å². The first-order valence-corrected chi connectivity index (χ1v) is 8.39. The number of carboxylic acid groups (broad SMARTS) is 1. The molecule has 0 radical (unpaired) electrons. The molecule has 0 spiro atoms. The van der Waals surface area contributed by atoms with Crippen LogP contribution in [0.15, 0.2) is 12.1 Å². The van der Waals surface area contributed by atoms with Crippen LogP contribution in [0.4, 0.5) is 0 Å². The molecule has 1 unspecified atom stereocenters. The summed E-state index contributed by atoms with van der Waals surface area (Å²) in [4.78, 5) is 25.6. The number of nitrogens with one attached hydrogen (secondary N) is 1. The van der Waals surface area contributed by atoms with Crippen molar-refractivity contribution in [2.75, 3.05) is 26.2 Å². The minimum atomic E-state index is -1.01. The molecule has 1 aromatic rings. The Labute approximate surface area is 133 Å². The summed E-state index contributed by atoms with van der Waals surface area (Å²) in [6, 6.07) is 3.23. The molecule has 2 heterocycles. The second kappa shape index (κ2) is 8.26. The number of aliphatic hydroxyl groups excluding tert-OH is 1. The first kappa shape index (κ1) is 16.9. The molecule has 7 heteroatoms. The monoisotopic (exact) mass is 326 g/mol. The molecular weight excluding hydrogens is 304 g/mol. The van der Waals surface area contributed by atoms with E-state index in [0.29, 0.717) is 11.4 Å². The molecule has 1 amide bonds. The summed E-state index contributed by atoms with van der Waals surface area (Å²) in [6.45, 7) is 2.61. The predicted molar refractivity (Wildman–Crippen MR) is 84.5 cm³/mol. The lowest BCUT2D eigenvalue weighted by Crippen LogP contribution is -2.43. The fourth-order valence-electron chi connectivity index (χ4n) is 2.71. The van der Waals surface area contributed by atoms with Crippen LogP contribution in [0, 0.1) is 0 Å². The van der Waals surface area contributed by atoms with Crippen LogP contribution in [-0.4, -0.2) is 59.3 Å². The van der Waals surface area contributed by atoms with Gasteiger partial charge in [0.15, 0.2) is 0 Å². The summed E-state index contributed by atoms with van der Waals surface area (Å²) in [5.74, 6) is -1.24. The Morgan fingerprint density at radius 1 is 1.32 bits per heavy atom. The van der Waals surface area contributed by atoms with Gasteiger partial charge in [0, 0.05) is 19.1 Å². The van der Waals surface area contributed by atoms with Gasteiger partial charge in [-0.05, 0) is 37.9 Å². The standard InChI is InChI=1S/C15H22N2O4S/c18-10-11-4-1-2-8-17(11)9-3-7-16-14(19)12-5-6-13(22-12)15(20)21/h5-6,11,18H,1-4,7-10H2,(H,16,19)(H,20,21). The summed E-state index contributed by atoms with van der Waals surface area (Å²) in [5.41, 5.74) is 0. The number of carbonyl (C=O) groups is 2. The number of carbonyl (C=O) groups excluding carboxylic acids is 1. The molecule has 0 bridgehead atoms. The molecule has 6 nitrogen and oxygen atoms in total. The number of aliphatic hydroxyl groups is 1. The van der Waals surface area contributed by atoms with Gasteiger partial charge in [0.25, 0.3) is 5.91 Å². The fourth-order valence-corrected chi connectivity index (χ4v) is 3.47. The van der Waals surface area contributed by atoms with E-state index < -0.39 is 5.97 Å². The number of hydrogen-bond acceptors (Lipinski definition) is 5. The number of nitrogens with zero attached hydrogens (tertiary/aromatic N) is 1. The molecule has 2 rings (SSSR count). The highest BCUT2D eigenvalue weighted by atomic mass is 32.1. The van der Waals surface area contributed by atoms with Crippen molar-refractivity contribution in [3.8, 4) is 0 Å². The van der Waals surface area contributed by atoms with Gasteiger partial charge >= 0.3 is 5.97 Å². The van der Waals surface area contributed by atoms with Gasteiger partial charge in [-0.25, -0.2) is 4.79 Å². The maximum Gasteiger partial charge on any atom is 0.345 e. The normalized spacial score (nSPS) is 19.0. The number of thiophene rings is 1. The number of amides is 1. The van der Waals surface area contributed by atoms with Crippen molar-refractivity contribution in [3.05, 3.63) is 21.9 Å². The first-order chi connectivity index (χ1) is 10.6. The van der Waals surface area contributed by atoms with E-state index in [-0.39, 0.29) is 23.4 Å². The molecule has 1 saturated heterocycles. The molecule has 1 aliphatic heterocycles. The zero-order chi connectivity index (χ0) is 15.9. The Morgan fingerprint density at radius 2 is 2.09 bits per heavy atom. The minimum Gasteiger partial charge on any atom is -0.477 e. The highest BCUT2D eigenvalue weighted by Gasteiger charge is 2.20. The van der Waals surface area contributed by atoms with Crippen molar-refractivity contribution in [1.82, 2.24) is 10.2 Å². The van der Waals surface area contributed by atoms with Gasteiger partial charge < -0.3 is 15.5 Å². The molecule has 1 aliphatic rings. The van der Waals surface area contributed by atoms with E-state index in [4.69, 9.17) is 5.11 Å². The molecule has 1 fully saturated rings. The average molecular weight is 326 g/mol. The highest BCUT2D eigenvalue weighted by Crippen LogP contribution is 2.17. The second-order valence-corrected chi connectivity index (χ2v) is 6.53. The summed E-state index contributed by atoms with van der Waals surface area (Å²) in [6.07, 6.45) is 4.19. The first-order valence-electron chi connectivity index (χ1n) is 7.58. The van der Waals surface area contributed by atoms with Crippen LogP contribution in [-0.2, 0) is 0 Å². The molecule has 0 aromatic carbocycles. The number of hydrogen-bond donors (Lipinski definition) is 3. The number of rotatable bonds is 7. The number of carboxylic acids is 1. The molecule has 1 atom stereocenters. The van der Waals surface area contributed by atoms with Crippen LogP contribution < -0.4 is 5.32 Å². The Balaban J connectivity index is 1.71. The summed E-state index contributed by atoms with van der Waals surface area (Å²) in [5, 5.41) is 21.0. The predicted octanol–water partition coefficient (Wildman–Crippen LogP) is 1.41. The maximum absolute atomic E-state index is 11.9. The number of likely N-dealkylation sites (tertiary alicyclic amines) is 1. The van der Waals surface area contributed by atoms with Crippen LogP contribution in [0.5, 0.6) is 0 Å². The van der Waals surface area contributed by atoms with Crippen LogP contribution in [0.25, 0.3) is 0 Å². The summed E-state index contributed by atoms with van der Waals surface area (Å²) < 4.78 is 0. The lowest BCUT2D eigenvalue weighted by Gasteiger charge is -2.34. The van der Waals surface area contributed by atoms with Gasteiger partial charge in [0.1, 0.15) is 4.88 Å². The van der Waals surface area contributed by atoms with Gasteiger partial charge in [-0.2, -0.15) is 0 Å². The molecule has 3 N–H and O–H groups in total.